The first-order chi connectivity index (χ1) is 9.04. The Morgan fingerprint density at radius 3 is 2.74 bits per heavy atom. The molecule has 0 aromatic heterocycles. The van der Waals surface area contributed by atoms with Gasteiger partial charge in [-0.2, -0.15) is 0 Å². The van der Waals surface area contributed by atoms with Crippen LogP contribution in [-0.4, -0.2) is 40.2 Å². The number of β-amino-alcohol motifs (C(OH)–C–C–N with tert-alkyl or cyclic N) is 1. The maximum Gasteiger partial charge on any atom is 0.272 e. The highest BCUT2D eigenvalue weighted by molar-refractivity contribution is 5.39. The van der Waals surface area contributed by atoms with Gasteiger partial charge >= 0.3 is 0 Å². The van der Waals surface area contributed by atoms with Crippen LogP contribution in [0.2, 0.25) is 0 Å². The fraction of sp³-hybridized carbons (Fsp3) is 0.571. The van der Waals surface area contributed by atoms with E-state index in [-0.39, 0.29) is 10.6 Å². The Labute approximate surface area is 113 Å². The van der Waals surface area contributed by atoms with Gasteiger partial charge in [-0.15, -0.1) is 0 Å². The van der Waals surface area contributed by atoms with Crippen molar-refractivity contribution >= 4 is 5.69 Å². The fourth-order valence-corrected chi connectivity index (χ4v) is 2.75. The Morgan fingerprint density at radius 2 is 2.11 bits per heavy atom. The lowest BCUT2D eigenvalue weighted by Crippen LogP contribution is -2.61. The standard InChI is InChI=1S/C14H20N2O3/c1-2-8-14(17)10-15(11-14)9-7-12-5-3-4-6-13(12)16(18)19/h3-6,17H,2,7-11H2,1H3. The second-order valence-corrected chi connectivity index (χ2v) is 5.32. The lowest BCUT2D eigenvalue weighted by atomic mass is 9.89. The van der Waals surface area contributed by atoms with E-state index in [2.05, 4.69) is 11.8 Å². The van der Waals surface area contributed by atoms with Crippen LogP contribution in [0, 0.1) is 10.1 Å². The largest absolute Gasteiger partial charge is 0.387 e. The molecule has 0 atom stereocenters. The Balaban J connectivity index is 1.86. The molecular formula is C14H20N2O3. The number of aliphatic hydroxyl groups is 1. The van der Waals surface area contributed by atoms with Gasteiger partial charge in [-0.05, 0) is 12.8 Å². The number of para-hydroxylation sites is 1. The topological polar surface area (TPSA) is 66.6 Å². The molecule has 1 aliphatic heterocycles. The Bertz CT molecular complexity index is 456. The highest BCUT2D eigenvalue weighted by Gasteiger charge is 2.39. The van der Waals surface area contributed by atoms with E-state index in [1.54, 1.807) is 18.2 Å². The van der Waals surface area contributed by atoms with E-state index in [0.29, 0.717) is 19.5 Å². The van der Waals surface area contributed by atoms with Crippen molar-refractivity contribution in [3.8, 4) is 0 Å². The molecule has 0 spiro atoms. The molecule has 1 heterocycles. The monoisotopic (exact) mass is 264 g/mol. The predicted octanol–water partition coefficient (Wildman–Crippen LogP) is 1.98. The molecule has 2 rings (SSSR count). The lowest BCUT2D eigenvalue weighted by molar-refractivity contribution is -0.385. The van der Waals surface area contributed by atoms with E-state index in [4.69, 9.17) is 0 Å². The van der Waals surface area contributed by atoms with Crippen molar-refractivity contribution in [3.63, 3.8) is 0 Å². The van der Waals surface area contributed by atoms with Gasteiger partial charge in [-0.25, -0.2) is 0 Å². The summed E-state index contributed by atoms with van der Waals surface area (Å²) in [4.78, 5) is 12.7. The number of hydrogen-bond acceptors (Lipinski definition) is 4. The maximum atomic E-state index is 10.9. The minimum absolute atomic E-state index is 0.187. The summed E-state index contributed by atoms with van der Waals surface area (Å²) >= 11 is 0. The highest BCUT2D eigenvalue weighted by atomic mass is 16.6. The number of rotatable bonds is 6. The van der Waals surface area contributed by atoms with Gasteiger partial charge in [0, 0.05) is 31.3 Å². The van der Waals surface area contributed by atoms with Crippen LogP contribution in [0.3, 0.4) is 0 Å². The van der Waals surface area contributed by atoms with E-state index >= 15 is 0 Å². The zero-order valence-electron chi connectivity index (χ0n) is 11.2. The van der Waals surface area contributed by atoms with Crippen LogP contribution in [0.5, 0.6) is 0 Å². The molecule has 1 N–H and O–H groups in total. The number of benzene rings is 1. The number of nitro benzene ring substituents is 1. The van der Waals surface area contributed by atoms with Crippen molar-refractivity contribution in [1.82, 2.24) is 4.90 Å². The third-order valence-electron chi connectivity index (χ3n) is 3.64. The van der Waals surface area contributed by atoms with Crippen LogP contribution >= 0.6 is 0 Å². The first-order valence-electron chi connectivity index (χ1n) is 6.71. The average molecular weight is 264 g/mol. The van der Waals surface area contributed by atoms with Crippen molar-refractivity contribution in [2.75, 3.05) is 19.6 Å². The number of nitro groups is 1. The van der Waals surface area contributed by atoms with Gasteiger partial charge in [0.2, 0.25) is 0 Å². The highest BCUT2D eigenvalue weighted by Crippen LogP contribution is 2.26. The van der Waals surface area contributed by atoms with Gasteiger partial charge in [0.25, 0.3) is 5.69 Å². The first-order valence-corrected chi connectivity index (χ1v) is 6.71. The van der Waals surface area contributed by atoms with E-state index in [0.717, 1.165) is 24.9 Å². The Kier molecular flexibility index (Phi) is 4.17. The fourth-order valence-electron chi connectivity index (χ4n) is 2.75. The third-order valence-corrected chi connectivity index (χ3v) is 3.64. The summed E-state index contributed by atoms with van der Waals surface area (Å²) in [6, 6.07) is 6.85. The van der Waals surface area contributed by atoms with Crippen LogP contribution in [0.15, 0.2) is 24.3 Å². The van der Waals surface area contributed by atoms with Gasteiger partial charge in [-0.3, -0.25) is 15.0 Å². The smallest absolute Gasteiger partial charge is 0.272 e. The van der Waals surface area contributed by atoms with Crippen molar-refractivity contribution in [2.45, 2.75) is 31.8 Å². The van der Waals surface area contributed by atoms with Crippen LogP contribution in [0.1, 0.15) is 25.3 Å². The predicted molar refractivity (Wildman–Crippen MR) is 73.1 cm³/mol. The third kappa shape index (κ3) is 3.30. The van der Waals surface area contributed by atoms with Crippen LogP contribution in [0.25, 0.3) is 0 Å². The molecule has 5 nitrogen and oxygen atoms in total. The minimum Gasteiger partial charge on any atom is -0.387 e. The van der Waals surface area contributed by atoms with Crippen LogP contribution in [0.4, 0.5) is 5.69 Å². The first kappa shape index (κ1) is 14.0. The van der Waals surface area contributed by atoms with E-state index in [1.165, 1.54) is 0 Å². The molecule has 1 aliphatic rings. The molecule has 104 valence electrons. The van der Waals surface area contributed by atoms with E-state index < -0.39 is 5.60 Å². The average Bonchev–Trinajstić information content (AvgIpc) is 2.34. The summed E-state index contributed by atoms with van der Waals surface area (Å²) in [7, 11) is 0. The summed E-state index contributed by atoms with van der Waals surface area (Å²) in [6.45, 7) is 4.19. The van der Waals surface area contributed by atoms with Gasteiger partial charge in [-0.1, -0.05) is 31.5 Å². The molecule has 5 heteroatoms. The summed E-state index contributed by atoms with van der Waals surface area (Å²) in [5.41, 5.74) is 0.419. The molecule has 0 bridgehead atoms. The molecule has 0 radical (unpaired) electrons. The van der Waals surface area contributed by atoms with Gasteiger partial charge in [0.05, 0.1) is 10.5 Å². The molecular weight excluding hydrogens is 244 g/mol. The normalized spacial score (nSPS) is 18.0. The number of nitrogens with zero attached hydrogens (tertiary/aromatic N) is 2. The Hall–Kier alpha value is -1.46. The zero-order valence-corrected chi connectivity index (χ0v) is 11.2. The maximum absolute atomic E-state index is 10.9. The molecule has 0 unspecified atom stereocenters. The quantitative estimate of drug-likeness (QED) is 0.630. The SMILES string of the molecule is CCCC1(O)CN(CCc2ccccc2[N+](=O)[O-])C1. The van der Waals surface area contributed by atoms with Crippen LogP contribution < -0.4 is 0 Å². The van der Waals surface area contributed by atoms with Gasteiger partial charge in [0.1, 0.15) is 0 Å². The summed E-state index contributed by atoms with van der Waals surface area (Å²) in [5, 5.41) is 21.0. The summed E-state index contributed by atoms with van der Waals surface area (Å²) in [5.74, 6) is 0. The van der Waals surface area contributed by atoms with Gasteiger partial charge in [0.15, 0.2) is 0 Å². The second-order valence-electron chi connectivity index (χ2n) is 5.32. The second kappa shape index (κ2) is 5.67. The molecule has 1 aromatic carbocycles. The minimum atomic E-state index is -0.530. The van der Waals surface area contributed by atoms with E-state index in [9.17, 15) is 15.2 Å². The number of likely N-dealkylation sites (tertiary alicyclic amines) is 1. The van der Waals surface area contributed by atoms with Crippen molar-refractivity contribution in [1.29, 1.82) is 0 Å². The zero-order chi connectivity index (χ0) is 13.9. The molecule has 1 saturated heterocycles. The Morgan fingerprint density at radius 1 is 1.42 bits per heavy atom. The van der Waals surface area contributed by atoms with Gasteiger partial charge < -0.3 is 5.11 Å². The summed E-state index contributed by atoms with van der Waals surface area (Å²) < 4.78 is 0. The van der Waals surface area contributed by atoms with Crippen molar-refractivity contribution < 1.29 is 10.0 Å². The molecule has 0 amide bonds. The number of hydrogen-bond donors (Lipinski definition) is 1. The van der Waals surface area contributed by atoms with Crippen molar-refractivity contribution in [3.05, 3.63) is 39.9 Å². The van der Waals surface area contributed by atoms with Crippen LogP contribution in [-0.2, 0) is 6.42 Å². The molecule has 19 heavy (non-hydrogen) atoms. The van der Waals surface area contributed by atoms with E-state index in [1.807, 2.05) is 6.07 Å². The molecule has 0 aliphatic carbocycles. The molecule has 1 fully saturated rings. The van der Waals surface area contributed by atoms with Crippen molar-refractivity contribution in [2.24, 2.45) is 0 Å². The molecule has 1 aromatic rings. The molecule has 0 saturated carbocycles. The lowest BCUT2D eigenvalue weighted by Gasteiger charge is -2.46. The summed E-state index contributed by atoms with van der Waals surface area (Å²) in [6.07, 6.45) is 2.46.